The average Bonchev–Trinajstić information content (AvgIpc) is 3.14. The van der Waals surface area contributed by atoms with Crippen molar-refractivity contribution in [3.05, 3.63) is 0 Å². The van der Waals surface area contributed by atoms with Crippen LogP contribution in [0.1, 0.15) is 41.5 Å². The van der Waals surface area contributed by atoms with Crippen LogP contribution in [-0.2, 0) is 33.2 Å². The first-order valence-electron chi connectivity index (χ1n) is 8.83. The molecule has 0 aliphatic carbocycles. The zero-order valence-electron chi connectivity index (χ0n) is 15.6. The highest BCUT2D eigenvalue weighted by atomic mass is 16.8. The SMILES string of the molecule is CC1(C)O[C@@H]2[C@H]([C@H]3OC(C)(C)O[C@@H]3[C@H]3COC(C)(C)O3)O[C@@H](O)[C@@H]2O1. The van der Waals surface area contributed by atoms with Crippen LogP contribution >= 0.6 is 0 Å². The van der Waals surface area contributed by atoms with Gasteiger partial charge in [0, 0.05) is 0 Å². The van der Waals surface area contributed by atoms with E-state index in [9.17, 15) is 5.11 Å². The summed E-state index contributed by atoms with van der Waals surface area (Å²) in [7, 11) is 0. The number of aliphatic hydroxyl groups is 1. The normalized spacial score (nSPS) is 50.3. The minimum absolute atomic E-state index is 0.295. The summed E-state index contributed by atoms with van der Waals surface area (Å²) in [5, 5.41) is 10.2. The van der Waals surface area contributed by atoms with Gasteiger partial charge in [-0.15, -0.1) is 0 Å². The number of rotatable bonds is 2. The van der Waals surface area contributed by atoms with Crippen LogP contribution in [0.5, 0.6) is 0 Å². The maximum atomic E-state index is 10.2. The second-order valence-electron chi connectivity index (χ2n) is 8.49. The third-order valence-electron chi connectivity index (χ3n) is 4.95. The standard InChI is InChI=1S/C17H28O8/c1-15(2)19-7-8(21-15)9-11(23-16(3,4)22-9)10-12-13(14(18)20-10)25-17(5,6)24-12/h8-14,18H,7H2,1-6H3/t8-,9-,10+,11+,12-,13-,14-/m1/s1. The molecule has 0 bridgehead atoms. The molecule has 0 unspecified atom stereocenters. The van der Waals surface area contributed by atoms with Crippen molar-refractivity contribution in [1.82, 2.24) is 0 Å². The lowest BCUT2D eigenvalue weighted by molar-refractivity contribution is -0.237. The van der Waals surface area contributed by atoms with Crippen LogP contribution in [0.2, 0.25) is 0 Å². The Bertz CT molecular complexity index is 533. The highest BCUT2D eigenvalue weighted by Gasteiger charge is 2.62. The fourth-order valence-electron chi connectivity index (χ4n) is 4.11. The Labute approximate surface area is 147 Å². The largest absolute Gasteiger partial charge is 0.366 e. The van der Waals surface area contributed by atoms with Crippen molar-refractivity contribution in [2.45, 2.75) is 102 Å². The van der Waals surface area contributed by atoms with Crippen molar-refractivity contribution in [3.8, 4) is 0 Å². The summed E-state index contributed by atoms with van der Waals surface area (Å²) in [6.45, 7) is 11.5. The fraction of sp³-hybridized carbons (Fsp3) is 1.00. The highest BCUT2D eigenvalue weighted by Crippen LogP contribution is 2.44. The van der Waals surface area contributed by atoms with Gasteiger partial charge in [0.15, 0.2) is 23.7 Å². The summed E-state index contributed by atoms with van der Waals surface area (Å²) in [5.74, 6) is -2.25. The molecule has 0 amide bonds. The minimum atomic E-state index is -1.07. The van der Waals surface area contributed by atoms with E-state index in [0.717, 1.165) is 0 Å². The third-order valence-corrected chi connectivity index (χ3v) is 4.95. The molecule has 1 N–H and O–H groups in total. The van der Waals surface area contributed by atoms with E-state index in [1.165, 1.54) is 0 Å². The van der Waals surface area contributed by atoms with E-state index in [2.05, 4.69) is 0 Å². The van der Waals surface area contributed by atoms with Crippen molar-refractivity contribution in [2.75, 3.05) is 6.61 Å². The van der Waals surface area contributed by atoms with Crippen molar-refractivity contribution in [2.24, 2.45) is 0 Å². The van der Waals surface area contributed by atoms with Gasteiger partial charge >= 0.3 is 0 Å². The summed E-state index contributed by atoms with van der Waals surface area (Å²) >= 11 is 0. The summed E-state index contributed by atoms with van der Waals surface area (Å²) in [6.07, 6.45) is -3.75. The van der Waals surface area contributed by atoms with E-state index in [-0.39, 0.29) is 6.10 Å². The van der Waals surface area contributed by atoms with Crippen LogP contribution in [0, 0.1) is 0 Å². The highest BCUT2D eigenvalue weighted by molar-refractivity contribution is 5.04. The number of hydrogen-bond acceptors (Lipinski definition) is 8. The molecule has 8 nitrogen and oxygen atoms in total. The second-order valence-corrected chi connectivity index (χ2v) is 8.49. The van der Waals surface area contributed by atoms with Gasteiger partial charge in [0.1, 0.15) is 36.6 Å². The molecule has 0 saturated carbocycles. The lowest BCUT2D eigenvalue weighted by atomic mass is 9.98. The molecule has 4 heterocycles. The number of hydrogen-bond donors (Lipinski definition) is 1. The molecule has 25 heavy (non-hydrogen) atoms. The van der Waals surface area contributed by atoms with Gasteiger partial charge in [-0.05, 0) is 41.5 Å². The van der Waals surface area contributed by atoms with E-state index in [1.807, 2.05) is 41.5 Å². The van der Waals surface area contributed by atoms with Gasteiger partial charge in [-0.25, -0.2) is 0 Å². The van der Waals surface area contributed by atoms with E-state index in [1.54, 1.807) is 0 Å². The van der Waals surface area contributed by atoms with E-state index in [4.69, 9.17) is 33.2 Å². The van der Waals surface area contributed by atoms with Gasteiger partial charge < -0.3 is 38.3 Å². The van der Waals surface area contributed by atoms with Crippen LogP contribution in [0.25, 0.3) is 0 Å². The molecule has 0 aromatic rings. The fourth-order valence-corrected chi connectivity index (χ4v) is 4.11. The molecule has 4 rings (SSSR count). The topological polar surface area (TPSA) is 84.8 Å². The molecule has 4 aliphatic heterocycles. The first-order valence-corrected chi connectivity index (χ1v) is 8.83. The number of fused-ring (bicyclic) bond motifs is 1. The van der Waals surface area contributed by atoms with Crippen LogP contribution in [0.4, 0.5) is 0 Å². The third kappa shape index (κ3) is 3.23. The molecular weight excluding hydrogens is 332 g/mol. The molecule has 0 spiro atoms. The second kappa shape index (κ2) is 5.59. The number of ether oxygens (including phenoxy) is 7. The predicted octanol–water partition coefficient (Wildman–Crippen LogP) is 0.895. The Morgan fingerprint density at radius 2 is 1.16 bits per heavy atom. The summed E-state index contributed by atoms with van der Waals surface area (Å²) in [5.41, 5.74) is 0. The Morgan fingerprint density at radius 3 is 1.72 bits per heavy atom. The molecule has 4 fully saturated rings. The molecule has 0 aromatic heterocycles. The Morgan fingerprint density at radius 1 is 0.640 bits per heavy atom. The van der Waals surface area contributed by atoms with Crippen molar-refractivity contribution in [3.63, 3.8) is 0 Å². The number of aliphatic hydroxyl groups excluding tert-OH is 1. The zero-order valence-corrected chi connectivity index (χ0v) is 15.6. The van der Waals surface area contributed by atoms with Gasteiger partial charge in [-0.2, -0.15) is 0 Å². The van der Waals surface area contributed by atoms with Crippen LogP contribution in [0.15, 0.2) is 0 Å². The molecule has 4 aliphatic rings. The Balaban J connectivity index is 1.57. The molecule has 7 atom stereocenters. The lowest BCUT2D eigenvalue weighted by Crippen LogP contribution is -2.48. The summed E-state index contributed by atoms with van der Waals surface area (Å²) < 4.78 is 41.4. The van der Waals surface area contributed by atoms with Crippen molar-refractivity contribution >= 4 is 0 Å². The molecule has 0 aromatic carbocycles. The van der Waals surface area contributed by atoms with Gasteiger partial charge in [0.25, 0.3) is 0 Å². The Kier molecular flexibility index (Phi) is 4.04. The van der Waals surface area contributed by atoms with Crippen LogP contribution in [-0.4, -0.2) is 72.0 Å². The first kappa shape index (κ1) is 18.1. The maximum absolute atomic E-state index is 10.2. The van der Waals surface area contributed by atoms with Gasteiger partial charge in [-0.1, -0.05) is 0 Å². The molecular formula is C17H28O8. The molecule has 4 saturated heterocycles. The average molecular weight is 360 g/mol. The smallest absolute Gasteiger partial charge is 0.184 e. The van der Waals surface area contributed by atoms with Crippen LogP contribution < -0.4 is 0 Å². The predicted molar refractivity (Wildman–Crippen MR) is 83.4 cm³/mol. The van der Waals surface area contributed by atoms with Gasteiger partial charge in [0.2, 0.25) is 0 Å². The van der Waals surface area contributed by atoms with Gasteiger partial charge in [0.05, 0.1) is 6.61 Å². The zero-order chi connectivity index (χ0) is 18.2. The monoisotopic (exact) mass is 360 g/mol. The van der Waals surface area contributed by atoms with E-state index < -0.39 is 54.2 Å². The van der Waals surface area contributed by atoms with E-state index >= 15 is 0 Å². The quantitative estimate of drug-likeness (QED) is 0.777. The minimum Gasteiger partial charge on any atom is -0.366 e. The molecule has 8 heteroatoms. The first-order chi connectivity index (χ1) is 11.5. The summed E-state index contributed by atoms with van der Waals surface area (Å²) in [4.78, 5) is 0. The van der Waals surface area contributed by atoms with Crippen molar-refractivity contribution < 1.29 is 38.3 Å². The summed E-state index contributed by atoms with van der Waals surface area (Å²) in [6, 6.07) is 0. The van der Waals surface area contributed by atoms with Crippen molar-refractivity contribution in [1.29, 1.82) is 0 Å². The molecule has 144 valence electrons. The maximum Gasteiger partial charge on any atom is 0.184 e. The lowest BCUT2D eigenvalue weighted by Gasteiger charge is -2.29. The van der Waals surface area contributed by atoms with Gasteiger partial charge in [-0.3, -0.25) is 0 Å². The molecule has 0 radical (unpaired) electrons. The Hall–Kier alpha value is -0.320. The van der Waals surface area contributed by atoms with E-state index in [0.29, 0.717) is 6.61 Å². The van der Waals surface area contributed by atoms with Crippen LogP contribution in [0.3, 0.4) is 0 Å².